The monoisotopic (exact) mass is 304 g/mol. The fourth-order valence-electron chi connectivity index (χ4n) is 2.84. The lowest BCUT2D eigenvalue weighted by Crippen LogP contribution is -2.18. The molecule has 0 fully saturated rings. The van der Waals surface area contributed by atoms with E-state index in [9.17, 15) is 0 Å². The van der Waals surface area contributed by atoms with E-state index in [-0.39, 0.29) is 6.04 Å². The second-order valence-electron chi connectivity index (χ2n) is 5.02. The molecule has 0 saturated heterocycles. The molecule has 0 radical (unpaired) electrons. The number of halogens is 1. The maximum absolute atomic E-state index is 6.18. The lowest BCUT2D eigenvalue weighted by Gasteiger charge is -2.21. The number of benzene rings is 1. The highest BCUT2D eigenvalue weighted by Crippen LogP contribution is 2.31. The largest absolute Gasteiger partial charge is 0.324 e. The summed E-state index contributed by atoms with van der Waals surface area (Å²) in [6.07, 6.45) is 5.59. The number of hydrogen-bond donors (Lipinski definition) is 1. The Hall–Kier alpha value is -1.06. The number of aryl methyl sites for hydroxylation is 1. The van der Waals surface area contributed by atoms with Crippen LogP contribution >= 0.6 is 15.9 Å². The van der Waals surface area contributed by atoms with E-state index in [0.717, 1.165) is 17.3 Å². The molecule has 2 nitrogen and oxygen atoms in total. The Balaban J connectivity index is 2.12. The quantitative estimate of drug-likeness (QED) is 0.851. The number of aromatic nitrogens is 1. The van der Waals surface area contributed by atoms with Gasteiger partial charge in [-0.2, -0.15) is 0 Å². The van der Waals surface area contributed by atoms with Gasteiger partial charge in [-0.05, 0) is 61.6 Å². The molecule has 3 heteroatoms. The van der Waals surface area contributed by atoms with Crippen molar-refractivity contribution in [2.45, 2.75) is 32.2 Å². The zero-order valence-corrected chi connectivity index (χ0v) is 12.1. The van der Waals surface area contributed by atoms with Crippen molar-refractivity contribution < 1.29 is 0 Å². The van der Waals surface area contributed by atoms with Crippen molar-refractivity contribution in [2.75, 3.05) is 0 Å². The van der Waals surface area contributed by atoms with Gasteiger partial charge in [-0.3, -0.25) is 0 Å². The first-order valence-corrected chi connectivity index (χ1v) is 7.18. The third-order valence-corrected chi connectivity index (χ3v) is 4.27. The molecule has 1 unspecified atom stereocenters. The molecule has 1 aromatic heterocycles. The van der Waals surface area contributed by atoms with Gasteiger partial charge in [0, 0.05) is 28.1 Å². The fraction of sp³-hybridized carbons (Fsp3) is 0.333. The van der Waals surface area contributed by atoms with Gasteiger partial charge >= 0.3 is 0 Å². The van der Waals surface area contributed by atoms with Crippen LogP contribution in [0.1, 0.15) is 35.7 Å². The maximum Gasteiger partial charge on any atom is 0.0482 e. The van der Waals surface area contributed by atoms with Crippen LogP contribution in [0.4, 0.5) is 0 Å². The number of hydrogen-bond acceptors (Lipinski definition) is 1. The molecule has 1 atom stereocenters. The molecule has 0 amide bonds. The molecule has 0 saturated carbocycles. The molecule has 1 aliphatic carbocycles. The van der Waals surface area contributed by atoms with Gasteiger partial charge in [-0.15, -0.1) is 0 Å². The molecule has 0 aliphatic heterocycles. The van der Waals surface area contributed by atoms with Gasteiger partial charge in [0.25, 0.3) is 0 Å². The van der Waals surface area contributed by atoms with Crippen LogP contribution in [0.2, 0.25) is 0 Å². The third kappa shape index (κ3) is 1.91. The zero-order valence-electron chi connectivity index (χ0n) is 10.5. The fourth-order valence-corrected chi connectivity index (χ4v) is 3.32. The van der Waals surface area contributed by atoms with Crippen molar-refractivity contribution in [3.8, 4) is 5.69 Å². The SMILES string of the molecule is Cc1cc(Br)ccc1-n1ccc2c1CCCC2N. The minimum atomic E-state index is 0.214. The lowest BCUT2D eigenvalue weighted by atomic mass is 9.93. The van der Waals surface area contributed by atoms with E-state index in [1.54, 1.807) is 0 Å². The first kappa shape index (κ1) is 12.0. The van der Waals surface area contributed by atoms with Crippen LogP contribution < -0.4 is 5.73 Å². The minimum absolute atomic E-state index is 0.214. The molecule has 18 heavy (non-hydrogen) atoms. The second-order valence-corrected chi connectivity index (χ2v) is 5.93. The average molecular weight is 305 g/mol. The maximum atomic E-state index is 6.18. The number of rotatable bonds is 1. The molecule has 1 heterocycles. The van der Waals surface area contributed by atoms with Crippen molar-refractivity contribution in [3.63, 3.8) is 0 Å². The van der Waals surface area contributed by atoms with E-state index < -0.39 is 0 Å². The molecule has 1 aliphatic rings. The van der Waals surface area contributed by atoms with Crippen LogP contribution in [-0.4, -0.2) is 4.57 Å². The summed E-state index contributed by atoms with van der Waals surface area (Å²) in [5.74, 6) is 0. The molecule has 2 aromatic rings. The summed E-state index contributed by atoms with van der Waals surface area (Å²) < 4.78 is 3.43. The molecule has 0 spiro atoms. The van der Waals surface area contributed by atoms with Crippen LogP contribution in [0, 0.1) is 6.92 Å². The van der Waals surface area contributed by atoms with Crippen LogP contribution in [-0.2, 0) is 6.42 Å². The normalized spacial score (nSPS) is 18.7. The van der Waals surface area contributed by atoms with Gasteiger partial charge in [-0.25, -0.2) is 0 Å². The van der Waals surface area contributed by atoms with Crippen molar-refractivity contribution in [1.29, 1.82) is 0 Å². The van der Waals surface area contributed by atoms with E-state index in [4.69, 9.17) is 5.73 Å². The molecule has 0 bridgehead atoms. The minimum Gasteiger partial charge on any atom is -0.324 e. The smallest absolute Gasteiger partial charge is 0.0482 e. The van der Waals surface area contributed by atoms with Crippen LogP contribution in [0.25, 0.3) is 5.69 Å². The Morgan fingerprint density at radius 3 is 2.94 bits per heavy atom. The van der Waals surface area contributed by atoms with E-state index in [2.05, 4.69) is 57.9 Å². The van der Waals surface area contributed by atoms with Crippen LogP contribution in [0.15, 0.2) is 34.9 Å². The summed E-state index contributed by atoms with van der Waals surface area (Å²) in [5.41, 5.74) is 11.4. The summed E-state index contributed by atoms with van der Waals surface area (Å²) in [5, 5.41) is 0. The van der Waals surface area contributed by atoms with E-state index >= 15 is 0 Å². The van der Waals surface area contributed by atoms with Crippen LogP contribution in [0.5, 0.6) is 0 Å². The highest BCUT2D eigenvalue weighted by molar-refractivity contribution is 9.10. The summed E-state index contributed by atoms with van der Waals surface area (Å²) in [6.45, 7) is 2.15. The van der Waals surface area contributed by atoms with Crippen molar-refractivity contribution in [2.24, 2.45) is 5.73 Å². The summed E-state index contributed by atoms with van der Waals surface area (Å²) in [6, 6.07) is 8.81. The van der Waals surface area contributed by atoms with Gasteiger partial charge in [0.2, 0.25) is 0 Å². The van der Waals surface area contributed by atoms with Crippen molar-refractivity contribution in [3.05, 3.63) is 51.8 Å². The number of fused-ring (bicyclic) bond motifs is 1. The molecular formula is C15H17BrN2. The Bertz CT molecular complexity index is 586. The van der Waals surface area contributed by atoms with Gasteiger partial charge in [0.15, 0.2) is 0 Å². The summed E-state index contributed by atoms with van der Waals surface area (Å²) >= 11 is 3.51. The topological polar surface area (TPSA) is 30.9 Å². The Labute approximate surface area is 116 Å². The average Bonchev–Trinajstić information content (AvgIpc) is 2.74. The van der Waals surface area contributed by atoms with E-state index in [1.165, 1.54) is 28.9 Å². The predicted molar refractivity (Wildman–Crippen MR) is 78.1 cm³/mol. The standard InChI is InChI=1S/C15H17BrN2/c1-10-9-11(16)5-6-14(10)18-8-7-12-13(17)3-2-4-15(12)18/h5-9,13H,2-4,17H2,1H3. The van der Waals surface area contributed by atoms with Gasteiger partial charge in [-0.1, -0.05) is 15.9 Å². The predicted octanol–water partition coefficient (Wildman–Crippen LogP) is 3.88. The van der Waals surface area contributed by atoms with Crippen molar-refractivity contribution >= 4 is 15.9 Å². The first-order chi connectivity index (χ1) is 8.66. The highest BCUT2D eigenvalue weighted by atomic mass is 79.9. The van der Waals surface area contributed by atoms with Gasteiger partial charge in [0.1, 0.15) is 0 Å². The highest BCUT2D eigenvalue weighted by Gasteiger charge is 2.20. The molecule has 2 N–H and O–H groups in total. The third-order valence-electron chi connectivity index (χ3n) is 3.77. The summed E-state index contributed by atoms with van der Waals surface area (Å²) in [7, 11) is 0. The zero-order chi connectivity index (χ0) is 12.7. The Morgan fingerprint density at radius 2 is 2.17 bits per heavy atom. The van der Waals surface area contributed by atoms with Gasteiger partial charge < -0.3 is 10.3 Å². The molecule has 94 valence electrons. The van der Waals surface area contributed by atoms with E-state index in [1.807, 2.05) is 0 Å². The number of nitrogens with zero attached hydrogens (tertiary/aromatic N) is 1. The molecular weight excluding hydrogens is 288 g/mol. The summed E-state index contributed by atoms with van der Waals surface area (Å²) in [4.78, 5) is 0. The first-order valence-electron chi connectivity index (χ1n) is 6.39. The van der Waals surface area contributed by atoms with E-state index in [0.29, 0.717) is 0 Å². The molecule has 3 rings (SSSR count). The van der Waals surface area contributed by atoms with Gasteiger partial charge in [0.05, 0.1) is 0 Å². The lowest BCUT2D eigenvalue weighted by molar-refractivity contribution is 0.560. The molecule has 1 aromatic carbocycles. The van der Waals surface area contributed by atoms with Crippen molar-refractivity contribution in [1.82, 2.24) is 4.57 Å². The van der Waals surface area contributed by atoms with Crippen LogP contribution in [0.3, 0.4) is 0 Å². The number of nitrogens with two attached hydrogens (primary N) is 1. The Kier molecular flexibility index (Phi) is 3.04. The Morgan fingerprint density at radius 1 is 1.33 bits per heavy atom. The second kappa shape index (κ2) is 4.56.